The van der Waals surface area contributed by atoms with Crippen LogP contribution >= 0.6 is 0 Å². The molecular formula is C13H23N3O3. The Kier molecular flexibility index (Phi) is 5.47. The fourth-order valence-corrected chi connectivity index (χ4v) is 1.84. The maximum atomic E-state index is 12.2. The normalized spacial score (nSPS) is 13.2. The molecule has 1 atom stereocenters. The summed E-state index contributed by atoms with van der Waals surface area (Å²) in [5.74, 6) is -0.315. The topological polar surface area (TPSA) is 77.1 Å². The molecule has 0 aromatic carbocycles. The van der Waals surface area contributed by atoms with Gasteiger partial charge in [-0.3, -0.25) is 4.79 Å². The fourth-order valence-electron chi connectivity index (χ4n) is 1.84. The molecule has 1 heterocycles. The maximum Gasteiger partial charge on any atom is 0.437 e. The van der Waals surface area contributed by atoms with Gasteiger partial charge in [0.1, 0.15) is 0 Å². The largest absolute Gasteiger partial charge is 0.437 e. The first-order chi connectivity index (χ1) is 8.85. The van der Waals surface area contributed by atoms with Crippen LogP contribution in [-0.2, 0) is 6.54 Å². The van der Waals surface area contributed by atoms with E-state index in [0.717, 1.165) is 0 Å². The van der Waals surface area contributed by atoms with Gasteiger partial charge in [-0.2, -0.15) is 4.68 Å². The molecule has 6 heteroatoms. The Hall–Kier alpha value is -1.43. The smallest absolute Gasteiger partial charge is 0.384 e. The quantitative estimate of drug-likeness (QED) is 0.755. The molecule has 1 aromatic rings. The van der Waals surface area contributed by atoms with Gasteiger partial charge < -0.3 is 9.73 Å². The van der Waals surface area contributed by atoms with Crippen LogP contribution in [0.4, 0.5) is 0 Å². The number of likely N-dealkylation sites (N-methyl/N-ethyl adjacent to an activating group) is 1. The van der Waals surface area contributed by atoms with E-state index in [1.165, 1.54) is 4.68 Å². The van der Waals surface area contributed by atoms with Gasteiger partial charge in [0.05, 0.1) is 12.6 Å². The lowest BCUT2D eigenvalue weighted by Gasteiger charge is -2.14. The Morgan fingerprint density at radius 3 is 2.42 bits per heavy atom. The highest BCUT2D eigenvalue weighted by molar-refractivity contribution is 5.95. The molecule has 0 bridgehead atoms. The molecule has 6 nitrogen and oxygen atoms in total. The minimum atomic E-state index is -0.573. The van der Waals surface area contributed by atoms with Gasteiger partial charge in [-0.15, -0.1) is 5.10 Å². The van der Waals surface area contributed by atoms with Crippen molar-refractivity contribution < 1.29 is 9.21 Å². The Morgan fingerprint density at radius 2 is 1.95 bits per heavy atom. The van der Waals surface area contributed by atoms with Crippen LogP contribution in [0.5, 0.6) is 0 Å². The standard InChI is InChI=1S/C13H23N3O3/c1-8(2)6-10(14-5)11(17)12-15-16(7-9(3)4)13(18)19-12/h8-10,14H,6-7H2,1-5H3/t10-/m0/s1. The van der Waals surface area contributed by atoms with E-state index < -0.39 is 5.76 Å². The second-order valence-corrected chi connectivity index (χ2v) is 5.58. The summed E-state index contributed by atoms with van der Waals surface area (Å²) in [4.78, 5) is 23.8. The zero-order valence-corrected chi connectivity index (χ0v) is 12.3. The van der Waals surface area contributed by atoms with E-state index in [9.17, 15) is 9.59 Å². The Bertz CT molecular complexity index is 474. The molecule has 1 N–H and O–H groups in total. The van der Waals surface area contributed by atoms with Gasteiger partial charge in [-0.1, -0.05) is 27.7 Å². The van der Waals surface area contributed by atoms with Crippen molar-refractivity contribution in [1.82, 2.24) is 15.1 Å². The summed E-state index contributed by atoms with van der Waals surface area (Å²) in [6.45, 7) is 8.45. The highest BCUT2D eigenvalue weighted by Gasteiger charge is 2.25. The lowest BCUT2D eigenvalue weighted by atomic mass is 10.0. The predicted octanol–water partition coefficient (Wildman–Crippen LogP) is 1.31. The highest BCUT2D eigenvalue weighted by atomic mass is 16.4. The Labute approximate surface area is 113 Å². The van der Waals surface area contributed by atoms with E-state index in [0.29, 0.717) is 18.9 Å². The number of nitrogens with zero attached hydrogens (tertiary/aromatic N) is 2. The van der Waals surface area contributed by atoms with Crippen LogP contribution in [0.2, 0.25) is 0 Å². The predicted molar refractivity (Wildman–Crippen MR) is 72.2 cm³/mol. The van der Waals surface area contributed by atoms with Gasteiger partial charge in [0.25, 0.3) is 5.89 Å². The molecular weight excluding hydrogens is 246 g/mol. The number of aromatic nitrogens is 2. The zero-order chi connectivity index (χ0) is 14.6. The van der Waals surface area contributed by atoms with Gasteiger partial charge in [0, 0.05) is 0 Å². The van der Waals surface area contributed by atoms with Gasteiger partial charge in [0.2, 0.25) is 5.78 Å². The number of hydrogen-bond donors (Lipinski definition) is 1. The van der Waals surface area contributed by atoms with Gasteiger partial charge in [0.15, 0.2) is 0 Å². The zero-order valence-electron chi connectivity index (χ0n) is 12.3. The lowest BCUT2D eigenvalue weighted by molar-refractivity contribution is 0.0898. The van der Waals surface area contributed by atoms with E-state index in [2.05, 4.69) is 10.4 Å². The number of rotatable bonds is 7. The molecule has 108 valence electrons. The molecule has 0 amide bonds. The molecule has 0 radical (unpaired) electrons. The van der Waals surface area contributed by atoms with Crippen LogP contribution < -0.4 is 11.1 Å². The molecule has 1 rings (SSSR count). The lowest BCUT2D eigenvalue weighted by Crippen LogP contribution is -2.35. The Balaban J connectivity index is 2.90. The molecule has 0 aliphatic carbocycles. The summed E-state index contributed by atoms with van der Waals surface area (Å²) < 4.78 is 6.16. The minimum absolute atomic E-state index is 0.106. The molecule has 0 aliphatic heterocycles. The maximum absolute atomic E-state index is 12.2. The molecule has 0 spiro atoms. The minimum Gasteiger partial charge on any atom is -0.384 e. The van der Waals surface area contributed by atoms with E-state index in [1.807, 2.05) is 27.7 Å². The summed E-state index contributed by atoms with van der Waals surface area (Å²) >= 11 is 0. The van der Waals surface area contributed by atoms with Crippen molar-refractivity contribution in [2.24, 2.45) is 11.8 Å². The third-order valence-corrected chi connectivity index (χ3v) is 2.73. The van der Waals surface area contributed by atoms with Gasteiger partial charge >= 0.3 is 5.76 Å². The molecule has 0 saturated heterocycles. The van der Waals surface area contributed by atoms with Crippen molar-refractivity contribution in [2.45, 2.75) is 46.7 Å². The summed E-state index contributed by atoms with van der Waals surface area (Å²) in [5, 5.41) is 6.91. The van der Waals surface area contributed by atoms with Crippen molar-refractivity contribution >= 4 is 5.78 Å². The SMILES string of the molecule is CN[C@@H](CC(C)C)C(=O)c1nn(CC(C)C)c(=O)o1. The third-order valence-electron chi connectivity index (χ3n) is 2.73. The molecule has 0 saturated carbocycles. The average Bonchev–Trinajstić information content (AvgIpc) is 2.66. The fraction of sp³-hybridized carbons (Fsp3) is 0.769. The number of hydrogen-bond acceptors (Lipinski definition) is 5. The molecule has 1 aromatic heterocycles. The van der Waals surface area contributed by atoms with Crippen LogP contribution in [0.1, 0.15) is 44.8 Å². The summed E-state index contributed by atoms with van der Waals surface area (Å²) in [7, 11) is 1.72. The second kappa shape index (κ2) is 6.65. The van der Waals surface area contributed by atoms with Gasteiger partial charge in [-0.25, -0.2) is 4.79 Å². The molecule has 0 aliphatic rings. The van der Waals surface area contributed by atoms with Crippen LogP contribution in [0.25, 0.3) is 0 Å². The number of Topliss-reactive ketones (excluding diaryl/α,β-unsaturated/α-hetero) is 1. The number of carbonyl (C=O) groups excluding carboxylic acids is 1. The number of ketones is 1. The van der Waals surface area contributed by atoms with Crippen molar-refractivity contribution in [1.29, 1.82) is 0 Å². The van der Waals surface area contributed by atoms with E-state index in [4.69, 9.17) is 4.42 Å². The summed E-state index contributed by atoms with van der Waals surface area (Å²) in [6, 6.07) is -0.370. The highest BCUT2D eigenvalue weighted by Crippen LogP contribution is 2.09. The van der Waals surface area contributed by atoms with Crippen LogP contribution in [-0.4, -0.2) is 28.7 Å². The first-order valence-corrected chi connectivity index (χ1v) is 6.64. The molecule has 0 fully saturated rings. The first kappa shape index (κ1) is 15.6. The van der Waals surface area contributed by atoms with E-state index >= 15 is 0 Å². The second-order valence-electron chi connectivity index (χ2n) is 5.58. The van der Waals surface area contributed by atoms with E-state index in [-0.39, 0.29) is 23.6 Å². The summed E-state index contributed by atoms with van der Waals surface area (Å²) in [6.07, 6.45) is 0.677. The van der Waals surface area contributed by atoms with Crippen LogP contribution in [0.3, 0.4) is 0 Å². The number of nitrogens with one attached hydrogen (secondary N) is 1. The summed E-state index contributed by atoms with van der Waals surface area (Å²) in [5.41, 5.74) is 0. The van der Waals surface area contributed by atoms with Crippen molar-refractivity contribution in [2.75, 3.05) is 7.05 Å². The molecule has 19 heavy (non-hydrogen) atoms. The molecule has 0 unspecified atom stereocenters. The van der Waals surface area contributed by atoms with Crippen LogP contribution in [0, 0.1) is 11.8 Å². The first-order valence-electron chi connectivity index (χ1n) is 6.64. The van der Waals surface area contributed by atoms with E-state index in [1.54, 1.807) is 7.05 Å². The van der Waals surface area contributed by atoms with Crippen molar-refractivity contribution in [3.05, 3.63) is 16.4 Å². The monoisotopic (exact) mass is 269 g/mol. The Morgan fingerprint density at radius 1 is 1.32 bits per heavy atom. The van der Waals surface area contributed by atoms with Crippen molar-refractivity contribution in [3.63, 3.8) is 0 Å². The van der Waals surface area contributed by atoms with Gasteiger partial charge in [-0.05, 0) is 25.3 Å². The average molecular weight is 269 g/mol. The third kappa shape index (κ3) is 4.31. The van der Waals surface area contributed by atoms with Crippen molar-refractivity contribution in [3.8, 4) is 0 Å². The van der Waals surface area contributed by atoms with Crippen LogP contribution in [0.15, 0.2) is 9.21 Å². The number of carbonyl (C=O) groups is 1.